The number of carboxylic acid groups (broad SMARTS) is 1. The van der Waals surface area contributed by atoms with E-state index in [2.05, 4.69) is 21.5 Å². The van der Waals surface area contributed by atoms with Gasteiger partial charge in [-0.25, -0.2) is 4.98 Å². The van der Waals surface area contributed by atoms with Gasteiger partial charge in [0.25, 0.3) is 0 Å². The van der Waals surface area contributed by atoms with Crippen molar-refractivity contribution >= 4 is 39.2 Å². The van der Waals surface area contributed by atoms with Gasteiger partial charge < -0.3 is 10.4 Å². The molecule has 0 saturated heterocycles. The topological polar surface area (TPSA) is 97.1 Å². The molecule has 0 bridgehead atoms. The number of benzene rings is 1. The zero-order valence-corrected chi connectivity index (χ0v) is 14.3. The molecule has 0 saturated carbocycles. The van der Waals surface area contributed by atoms with E-state index in [-0.39, 0.29) is 12.5 Å². The quantitative estimate of drug-likeness (QED) is 0.604. The van der Waals surface area contributed by atoms with Crippen LogP contribution in [0.3, 0.4) is 0 Å². The molecule has 0 radical (unpaired) electrons. The summed E-state index contributed by atoms with van der Waals surface area (Å²) in [4.78, 5) is 27.1. The van der Waals surface area contributed by atoms with Gasteiger partial charge in [-0.15, -0.1) is 11.3 Å². The number of nitrogens with one attached hydrogen (secondary N) is 1. The number of carbonyl (C=O) groups is 2. The average Bonchev–Trinajstić information content (AvgIpc) is 3.17. The number of hydrogen-bond donors (Lipinski definition) is 2. The predicted octanol–water partition coefficient (Wildman–Crippen LogP) is 2.93. The Morgan fingerprint density at radius 3 is 2.84 bits per heavy atom. The highest BCUT2D eigenvalue weighted by Crippen LogP contribution is 2.22. The van der Waals surface area contributed by atoms with Crippen LogP contribution in [-0.2, 0) is 22.6 Å². The Kier molecular flexibility index (Phi) is 5.39. The number of amides is 1. The Balaban J connectivity index is 1.40. The van der Waals surface area contributed by atoms with E-state index in [0.29, 0.717) is 12.2 Å². The van der Waals surface area contributed by atoms with Crippen molar-refractivity contribution in [3.8, 4) is 0 Å². The van der Waals surface area contributed by atoms with E-state index in [1.54, 1.807) is 17.4 Å². The maximum Gasteiger partial charge on any atom is 0.325 e. The lowest BCUT2D eigenvalue weighted by molar-refractivity contribution is -0.137. The number of nitrogens with zero attached hydrogens (tertiary/aromatic N) is 3. The van der Waals surface area contributed by atoms with Crippen LogP contribution in [0.4, 0.5) is 5.82 Å². The molecule has 2 aromatic heterocycles. The van der Waals surface area contributed by atoms with Crippen molar-refractivity contribution in [2.45, 2.75) is 32.2 Å². The highest BCUT2D eigenvalue weighted by molar-refractivity contribution is 7.18. The van der Waals surface area contributed by atoms with Crippen LogP contribution in [-0.4, -0.2) is 31.7 Å². The number of aliphatic carboxylic acids is 1. The van der Waals surface area contributed by atoms with Crippen molar-refractivity contribution in [3.05, 3.63) is 41.5 Å². The molecule has 2 heterocycles. The third-order valence-corrected chi connectivity index (χ3v) is 4.68. The van der Waals surface area contributed by atoms with E-state index in [1.165, 1.54) is 15.6 Å². The van der Waals surface area contributed by atoms with Gasteiger partial charge in [0.15, 0.2) is 5.82 Å². The molecule has 1 amide bonds. The van der Waals surface area contributed by atoms with Crippen molar-refractivity contribution < 1.29 is 14.7 Å². The van der Waals surface area contributed by atoms with E-state index < -0.39 is 5.97 Å². The van der Waals surface area contributed by atoms with E-state index in [0.717, 1.165) is 29.8 Å². The van der Waals surface area contributed by atoms with E-state index in [4.69, 9.17) is 5.11 Å². The van der Waals surface area contributed by atoms with Crippen LogP contribution in [0.15, 0.2) is 36.5 Å². The SMILES string of the molecule is O=C(O)Cn1ccc(NC(=O)CCCCc2nc3ccccc3s2)n1. The third kappa shape index (κ3) is 4.87. The maximum absolute atomic E-state index is 11.9. The molecule has 0 aliphatic rings. The summed E-state index contributed by atoms with van der Waals surface area (Å²) in [6, 6.07) is 9.64. The standard InChI is InChI=1S/C17H18N4O3S/c22-15(19-14-9-10-21(20-14)11-17(23)24)7-3-4-8-16-18-12-5-1-2-6-13(12)25-16/h1-2,5-6,9-10H,3-4,7-8,11H2,(H,23,24)(H,19,20,22). The second-order valence-electron chi connectivity index (χ2n) is 5.62. The normalized spacial score (nSPS) is 10.9. The first-order valence-electron chi connectivity index (χ1n) is 8.00. The zero-order valence-electron chi connectivity index (χ0n) is 13.5. The van der Waals surface area contributed by atoms with Crippen molar-refractivity contribution in [3.63, 3.8) is 0 Å². The van der Waals surface area contributed by atoms with Gasteiger partial charge in [0.05, 0.1) is 15.2 Å². The molecule has 0 atom stereocenters. The summed E-state index contributed by atoms with van der Waals surface area (Å²) >= 11 is 1.69. The summed E-state index contributed by atoms with van der Waals surface area (Å²) in [6.07, 6.45) is 4.44. The number of anilines is 1. The van der Waals surface area contributed by atoms with Crippen LogP contribution in [0.5, 0.6) is 0 Å². The van der Waals surface area contributed by atoms with Gasteiger partial charge in [-0.2, -0.15) is 5.10 Å². The molecule has 3 aromatic rings. The largest absolute Gasteiger partial charge is 0.480 e. The highest BCUT2D eigenvalue weighted by Gasteiger charge is 2.08. The Hall–Kier alpha value is -2.74. The fraction of sp³-hybridized carbons (Fsp3) is 0.294. The fourth-order valence-corrected chi connectivity index (χ4v) is 3.46. The number of para-hydroxylation sites is 1. The van der Waals surface area contributed by atoms with Crippen molar-refractivity contribution in [2.75, 3.05) is 5.32 Å². The Morgan fingerprint density at radius 2 is 2.04 bits per heavy atom. The molecule has 1 aromatic carbocycles. The number of carboxylic acids is 1. The van der Waals surface area contributed by atoms with Crippen LogP contribution >= 0.6 is 11.3 Å². The lowest BCUT2D eigenvalue weighted by Gasteiger charge is -2.01. The first-order valence-corrected chi connectivity index (χ1v) is 8.81. The fourth-order valence-electron chi connectivity index (χ4n) is 2.45. The van der Waals surface area contributed by atoms with Crippen molar-refractivity contribution in [1.29, 1.82) is 0 Å². The van der Waals surface area contributed by atoms with Gasteiger partial charge in [-0.1, -0.05) is 12.1 Å². The number of aromatic nitrogens is 3. The summed E-state index contributed by atoms with van der Waals surface area (Å²) in [6.45, 7) is -0.224. The van der Waals surface area contributed by atoms with Gasteiger partial charge >= 0.3 is 5.97 Å². The molecule has 0 aliphatic carbocycles. The number of thiazole rings is 1. The van der Waals surface area contributed by atoms with E-state index in [9.17, 15) is 9.59 Å². The van der Waals surface area contributed by atoms with Crippen LogP contribution in [0.2, 0.25) is 0 Å². The summed E-state index contributed by atoms with van der Waals surface area (Å²) in [5.74, 6) is -0.724. The van der Waals surface area contributed by atoms with Crippen molar-refractivity contribution in [2.24, 2.45) is 0 Å². The third-order valence-electron chi connectivity index (χ3n) is 3.59. The summed E-state index contributed by atoms with van der Waals surface area (Å²) in [7, 11) is 0. The molecular weight excluding hydrogens is 340 g/mol. The zero-order chi connectivity index (χ0) is 17.6. The number of rotatable bonds is 8. The summed E-state index contributed by atoms with van der Waals surface area (Å²) < 4.78 is 2.46. The summed E-state index contributed by atoms with van der Waals surface area (Å²) in [5.41, 5.74) is 1.03. The van der Waals surface area contributed by atoms with Crippen molar-refractivity contribution in [1.82, 2.24) is 14.8 Å². The van der Waals surface area contributed by atoms with Gasteiger partial charge in [0.1, 0.15) is 6.54 Å². The molecule has 25 heavy (non-hydrogen) atoms. The second kappa shape index (κ2) is 7.89. The molecule has 0 fully saturated rings. The van der Waals surface area contributed by atoms with Gasteiger partial charge in [0, 0.05) is 18.7 Å². The maximum atomic E-state index is 11.9. The highest BCUT2D eigenvalue weighted by atomic mass is 32.1. The average molecular weight is 358 g/mol. The van der Waals surface area contributed by atoms with Gasteiger partial charge in [0.2, 0.25) is 5.91 Å². The van der Waals surface area contributed by atoms with Crippen LogP contribution in [0.25, 0.3) is 10.2 Å². The number of fused-ring (bicyclic) bond motifs is 1. The van der Waals surface area contributed by atoms with Crippen LogP contribution in [0, 0.1) is 0 Å². The van der Waals surface area contributed by atoms with E-state index >= 15 is 0 Å². The minimum absolute atomic E-state index is 0.120. The molecule has 0 aliphatic heterocycles. The molecule has 8 heteroatoms. The number of unbranched alkanes of at least 4 members (excludes halogenated alkanes) is 1. The first kappa shape index (κ1) is 17.1. The monoisotopic (exact) mass is 358 g/mol. The Morgan fingerprint density at radius 1 is 1.20 bits per heavy atom. The minimum atomic E-state index is -0.976. The van der Waals surface area contributed by atoms with Gasteiger partial charge in [-0.3, -0.25) is 14.3 Å². The van der Waals surface area contributed by atoms with Crippen LogP contribution < -0.4 is 5.32 Å². The second-order valence-corrected chi connectivity index (χ2v) is 6.74. The smallest absolute Gasteiger partial charge is 0.325 e. The van der Waals surface area contributed by atoms with Gasteiger partial charge in [-0.05, 0) is 31.4 Å². The first-order chi connectivity index (χ1) is 12.1. The molecule has 3 rings (SSSR count). The number of aryl methyl sites for hydroxylation is 1. The molecule has 2 N–H and O–H groups in total. The summed E-state index contributed by atoms with van der Waals surface area (Å²) in [5, 5.41) is 16.4. The molecule has 0 unspecified atom stereocenters. The predicted molar refractivity (Wildman–Crippen MR) is 95.7 cm³/mol. The van der Waals surface area contributed by atoms with E-state index in [1.807, 2.05) is 18.2 Å². The number of hydrogen-bond acceptors (Lipinski definition) is 5. The molecule has 7 nitrogen and oxygen atoms in total. The Bertz CT molecular complexity index is 854. The Labute approximate surface area is 148 Å². The molecule has 130 valence electrons. The molecular formula is C17H18N4O3S. The lowest BCUT2D eigenvalue weighted by atomic mass is 10.2. The molecule has 0 spiro atoms. The minimum Gasteiger partial charge on any atom is -0.480 e. The lowest BCUT2D eigenvalue weighted by Crippen LogP contribution is -2.13. The van der Waals surface area contributed by atoms with Crippen LogP contribution in [0.1, 0.15) is 24.3 Å². The number of carbonyl (C=O) groups excluding carboxylic acids is 1.